The van der Waals surface area contributed by atoms with Crippen molar-refractivity contribution >= 4 is 15.7 Å². The zero-order valence-corrected chi connectivity index (χ0v) is 13.5. The lowest BCUT2D eigenvalue weighted by Gasteiger charge is -2.20. The van der Waals surface area contributed by atoms with Crippen LogP contribution in [0.1, 0.15) is 19.4 Å². The first-order valence-electron chi connectivity index (χ1n) is 6.73. The van der Waals surface area contributed by atoms with Gasteiger partial charge in [0.1, 0.15) is 5.75 Å². The Kier molecular flexibility index (Phi) is 4.44. The maximum atomic E-state index is 12.3. The van der Waals surface area contributed by atoms with Crippen LogP contribution in [0.4, 0.5) is 5.69 Å². The third-order valence-electron chi connectivity index (χ3n) is 3.21. The Morgan fingerprint density at radius 2 is 1.73 bits per heavy atom. The van der Waals surface area contributed by atoms with Crippen molar-refractivity contribution in [2.45, 2.75) is 24.3 Å². The number of hydrogen-bond donors (Lipinski definition) is 2. The first-order chi connectivity index (χ1) is 10.2. The van der Waals surface area contributed by atoms with Crippen molar-refractivity contribution in [3.05, 3.63) is 54.1 Å². The molecule has 0 aliphatic rings. The highest BCUT2D eigenvalue weighted by molar-refractivity contribution is 7.92. The van der Waals surface area contributed by atoms with Gasteiger partial charge in [0, 0.05) is 0 Å². The number of benzene rings is 2. The topological polar surface area (TPSA) is 75.6 Å². The quantitative estimate of drug-likeness (QED) is 0.888. The second-order valence-corrected chi connectivity index (χ2v) is 7.08. The average molecular weight is 321 g/mol. The molecule has 0 amide bonds. The normalized spacial score (nSPS) is 12.0. The molecular formula is C16H19NO4S. The molecule has 0 saturated heterocycles. The molecule has 6 heteroatoms. The third-order valence-corrected chi connectivity index (χ3v) is 4.59. The molecule has 0 aliphatic carbocycles. The highest BCUT2D eigenvalue weighted by Crippen LogP contribution is 2.31. The van der Waals surface area contributed by atoms with Crippen LogP contribution < -0.4 is 9.46 Å². The van der Waals surface area contributed by atoms with Crippen LogP contribution >= 0.6 is 0 Å². The molecule has 22 heavy (non-hydrogen) atoms. The van der Waals surface area contributed by atoms with E-state index in [9.17, 15) is 13.5 Å². The number of hydrogen-bond acceptors (Lipinski definition) is 4. The van der Waals surface area contributed by atoms with E-state index >= 15 is 0 Å². The van der Waals surface area contributed by atoms with E-state index in [4.69, 9.17) is 4.74 Å². The van der Waals surface area contributed by atoms with Gasteiger partial charge in [0.15, 0.2) is 0 Å². The molecule has 5 nitrogen and oxygen atoms in total. The van der Waals surface area contributed by atoms with Crippen LogP contribution in [0.2, 0.25) is 0 Å². The molecule has 118 valence electrons. The third kappa shape index (κ3) is 3.58. The summed E-state index contributed by atoms with van der Waals surface area (Å²) in [7, 11) is -2.24. The second kappa shape index (κ2) is 5.98. The summed E-state index contributed by atoms with van der Waals surface area (Å²) in [4.78, 5) is 0.170. The van der Waals surface area contributed by atoms with Crippen LogP contribution in [-0.2, 0) is 15.6 Å². The Morgan fingerprint density at radius 1 is 1.09 bits per heavy atom. The minimum absolute atomic E-state index is 0.170. The molecule has 2 aromatic rings. The van der Waals surface area contributed by atoms with Crippen molar-refractivity contribution in [3.63, 3.8) is 0 Å². The van der Waals surface area contributed by atoms with E-state index in [1.54, 1.807) is 50.2 Å². The molecule has 2 aromatic carbocycles. The Bertz CT molecular complexity index is 749. The maximum Gasteiger partial charge on any atom is 0.262 e. The Labute approximate surface area is 130 Å². The lowest BCUT2D eigenvalue weighted by Crippen LogP contribution is -2.17. The summed E-state index contributed by atoms with van der Waals surface area (Å²) in [5.41, 5.74) is -0.0872. The van der Waals surface area contributed by atoms with Crippen molar-refractivity contribution < 1.29 is 18.3 Å². The van der Waals surface area contributed by atoms with Crippen LogP contribution in [0.3, 0.4) is 0 Å². The highest BCUT2D eigenvalue weighted by Gasteiger charge is 2.20. The summed E-state index contributed by atoms with van der Waals surface area (Å²) in [6.45, 7) is 3.30. The Morgan fingerprint density at radius 3 is 2.27 bits per heavy atom. The molecule has 0 bridgehead atoms. The van der Waals surface area contributed by atoms with Gasteiger partial charge in [-0.05, 0) is 43.7 Å². The Balaban J connectivity index is 2.38. The smallest absolute Gasteiger partial charge is 0.262 e. The SMILES string of the molecule is COc1cc(C(C)(C)O)ccc1NS(=O)(=O)c1ccccc1. The first kappa shape index (κ1) is 16.3. The van der Waals surface area contributed by atoms with E-state index in [-0.39, 0.29) is 4.90 Å². The fourth-order valence-corrected chi connectivity index (χ4v) is 3.05. The predicted octanol–water partition coefficient (Wildman–Crippen LogP) is 2.72. The first-order valence-corrected chi connectivity index (χ1v) is 8.21. The maximum absolute atomic E-state index is 12.3. The van der Waals surface area contributed by atoms with Crippen LogP contribution in [0.25, 0.3) is 0 Å². The zero-order valence-electron chi connectivity index (χ0n) is 12.7. The Hall–Kier alpha value is -2.05. The molecule has 0 heterocycles. The van der Waals surface area contributed by atoms with Crippen LogP contribution in [0, 0.1) is 0 Å². The van der Waals surface area contributed by atoms with E-state index in [2.05, 4.69) is 4.72 Å². The van der Waals surface area contributed by atoms with E-state index in [0.717, 1.165) is 0 Å². The highest BCUT2D eigenvalue weighted by atomic mass is 32.2. The van der Waals surface area contributed by atoms with Gasteiger partial charge in [0.2, 0.25) is 0 Å². The number of aliphatic hydroxyl groups is 1. The molecule has 0 saturated carbocycles. The van der Waals surface area contributed by atoms with Crippen molar-refractivity contribution in [3.8, 4) is 5.75 Å². The summed E-state index contributed by atoms with van der Waals surface area (Å²) >= 11 is 0. The number of rotatable bonds is 5. The van der Waals surface area contributed by atoms with Crippen molar-refractivity contribution in [1.29, 1.82) is 0 Å². The van der Waals surface area contributed by atoms with Gasteiger partial charge in [-0.1, -0.05) is 24.3 Å². The van der Waals surface area contributed by atoms with E-state index < -0.39 is 15.6 Å². The molecule has 2 rings (SSSR count). The van der Waals surface area contributed by atoms with Crippen LogP contribution in [0.15, 0.2) is 53.4 Å². The molecule has 0 radical (unpaired) electrons. The zero-order chi connectivity index (χ0) is 16.4. The summed E-state index contributed by atoms with van der Waals surface area (Å²) in [5, 5.41) is 10.0. The van der Waals surface area contributed by atoms with Crippen LogP contribution in [-0.4, -0.2) is 20.6 Å². The van der Waals surface area contributed by atoms with Crippen LogP contribution in [0.5, 0.6) is 5.75 Å². The van der Waals surface area contributed by atoms with Crippen molar-refractivity contribution in [2.24, 2.45) is 0 Å². The van der Waals surface area contributed by atoms with Gasteiger partial charge in [-0.25, -0.2) is 8.42 Å². The monoisotopic (exact) mass is 321 g/mol. The van der Waals surface area contributed by atoms with Gasteiger partial charge in [-0.15, -0.1) is 0 Å². The minimum atomic E-state index is -3.69. The van der Waals surface area contributed by atoms with Gasteiger partial charge < -0.3 is 9.84 Å². The van der Waals surface area contributed by atoms with Gasteiger partial charge in [-0.3, -0.25) is 4.72 Å². The molecule has 2 N–H and O–H groups in total. The summed E-state index contributed by atoms with van der Waals surface area (Å²) in [6, 6.07) is 12.9. The molecule has 0 fully saturated rings. The number of sulfonamides is 1. The predicted molar refractivity (Wildman–Crippen MR) is 85.5 cm³/mol. The fourth-order valence-electron chi connectivity index (χ4n) is 1.96. The average Bonchev–Trinajstić information content (AvgIpc) is 2.47. The van der Waals surface area contributed by atoms with Gasteiger partial charge in [0.05, 0.1) is 23.3 Å². The van der Waals surface area contributed by atoms with E-state index in [1.165, 1.54) is 19.2 Å². The van der Waals surface area contributed by atoms with E-state index in [0.29, 0.717) is 17.0 Å². The van der Waals surface area contributed by atoms with Gasteiger partial charge in [-0.2, -0.15) is 0 Å². The number of ether oxygens (including phenoxy) is 1. The minimum Gasteiger partial charge on any atom is -0.495 e. The fraction of sp³-hybridized carbons (Fsp3) is 0.250. The lowest BCUT2D eigenvalue weighted by molar-refractivity contribution is 0.0783. The van der Waals surface area contributed by atoms with Gasteiger partial charge >= 0.3 is 0 Å². The second-order valence-electron chi connectivity index (χ2n) is 5.39. The number of nitrogens with one attached hydrogen (secondary N) is 1. The molecule has 0 aliphatic heterocycles. The molecule has 0 spiro atoms. The van der Waals surface area contributed by atoms with Gasteiger partial charge in [0.25, 0.3) is 10.0 Å². The number of methoxy groups -OCH3 is 1. The summed E-state index contributed by atoms with van der Waals surface area (Å²) < 4.78 is 32.4. The largest absolute Gasteiger partial charge is 0.495 e. The number of anilines is 1. The standard InChI is InChI=1S/C16H19NO4S/c1-16(2,18)12-9-10-14(15(11-12)21-3)17-22(19,20)13-7-5-4-6-8-13/h4-11,17-18H,1-3H3. The van der Waals surface area contributed by atoms with E-state index in [1.807, 2.05) is 0 Å². The molecular weight excluding hydrogens is 302 g/mol. The summed E-state index contributed by atoms with van der Waals surface area (Å²) in [6.07, 6.45) is 0. The molecule has 0 aromatic heterocycles. The molecule has 0 atom stereocenters. The summed E-state index contributed by atoms with van der Waals surface area (Å²) in [5.74, 6) is 0.346. The molecule has 0 unspecified atom stereocenters. The van der Waals surface area contributed by atoms with Crippen molar-refractivity contribution in [1.82, 2.24) is 0 Å². The lowest BCUT2D eigenvalue weighted by atomic mass is 9.98. The van der Waals surface area contributed by atoms with Crippen molar-refractivity contribution in [2.75, 3.05) is 11.8 Å².